The summed E-state index contributed by atoms with van der Waals surface area (Å²) in [6, 6.07) is 0. The Labute approximate surface area is 127 Å². The number of nitrogens with zero attached hydrogens (tertiary/aromatic N) is 2. The highest BCUT2D eigenvalue weighted by Gasteiger charge is 2.47. The fraction of sp³-hybridized carbons (Fsp3) is 0.938. The summed E-state index contributed by atoms with van der Waals surface area (Å²) in [6.07, 6.45) is 7.59. The van der Waals surface area contributed by atoms with Gasteiger partial charge in [-0.05, 0) is 45.2 Å². The average Bonchev–Trinajstić information content (AvgIpc) is 2.91. The first-order chi connectivity index (χ1) is 10.2. The SMILES string of the molecule is O=C(N1CCCCC1)[C@]1(O)CO[C@H](CN2CCCCC2)C1. The second-order valence-corrected chi connectivity index (χ2v) is 6.88. The molecule has 0 aliphatic carbocycles. The van der Waals surface area contributed by atoms with Crippen molar-refractivity contribution >= 4 is 5.91 Å². The van der Waals surface area contributed by atoms with Crippen molar-refractivity contribution in [2.45, 2.75) is 56.7 Å². The van der Waals surface area contributed by atoms with Gasteiger partial charge in [-0.1, -0.05) is 6.42 Å². The molecule has 0 spiro atoms. The molecule has 1 amide bonds. The molecule has 21 heavy (non-hydrogen) atoms. The smallest absolute Gasteiger partial charge is 0.257 e. The van der Waals surface area contributed by atoms with Crippen LogP contribution < -0.4 is 0 Å². The normalized spacial score (nSPS) is 35.1. The average molecular weight is 296 g/mol. The van der Waals surface area contributed by atoms with E-state index in [1.165, 1.54) is 25.7 Å². The van der Waals surface area contributed by atoms with Gasteiger partial charge in [-0.25, -0.2) is 0 Å². The lowest BCUT2D eigenvalue weighted by Crippen LogP contribution is -2.51. The molecule has 3 fully saturated rings. The van der Waals surface area contributed by atoms with Crippen molar-refractivity contribution in [3.63, 3.8) is 0 Å². The first-order valence-corrected chi connectivity index (χ1v) is 8.53. The van der Waals surface area contributed by atoms with Crippen molar-refractivity contribution in [3.8, 4) is 0 Å². The van der Waals surface area contributed by atoms with E-state index in [4.69, 9.17) is 4.74 Å². The third-order valence-corrected chi connectivity index (χ3v) is 5.08. The van der Waals surface area contributed by atoms with Gasteiger partial charge in [0.1, 0.15) is 0 Å². The van der Waals surface area contributed by atoms with Crippen LogP contribution in [0.15, 0.2) is 0 Å². The minimum Gasteiger partial charge on any atom is -0.378 e. The number of amides is 1. The molecular formula is C16H28N2O3. The van der Waals surface area contributed by atoms with E-state index >= 15 is 0 Å². The van der Waals surface area contributed by atoms with Gasteiger partial charge in [-0.15, -0.1) is 0 Å². The van der Waals surface area contributed by atoms with Gasteiger partial charge in [0.25, 0.3) is 5.91 Å². The molecule has 5 nitrogen and oxygen atoms in total. The maximum absolute atomic E-state index is 12.5. The van der Waals surface area contributed by atoms with E-state index in [0.29, 0.717) is 6.42 Å². The fourth-order valence-corrected chi connectivity index (χ4v) is 3.84. The molecule has 0 saturated carbocycles. The first kappa shape index (κ1) is 15.3. The van der Waals surface area contributed by atoms with Gasteiger partial charge in [0.15, 0.2) is 5.60 Å². The van der Waals surface area contributed by atoms with Crippen LogP contribution in [0, 0.1) is 0 Å². The van der Waals surface area contributed by atoms with Crippen LogP contribution >= 0.6 is 0 Å². The highest BCUT2D eigenvalue weighted by atomic mass is 16.5. The lowest BCUT2D eigenvalue weighted by molar-refractivity contribution is -0.152. The summed E-state index contributed by atoms with van der Waals surface area (Å²) in [6.45, 7) is 4.85. The lowest BCUT2D eigenvalue weighted by atomic mass is 9.96. The predicted molar refractivity (Wildman–Crippen MR) is 80.0 cm³/mol. The van der Waals surface area contributed by atoms with Gasteiger partial charge in [-0.3, -0.25) is 4.79 Å². The largest absolute Gasteiger partial charge is 0.378 e. The Bertz CT molecular complexity index is 365. The number of ether oxygens (including phenoxy) is 1. The van der Waals surface area contributed by atoms with Gasteiger partial charge in [0, 0.05) is 26.1 Å². The van der Waals surface area contributed by atoms with Crippen LogP contribution in [0.25, 0.3) is 0 Å². The number of carbonyl (C=O) groups is 1. The summed E-state index contributed by atoms with van der Waals surface area (Å²) in [7, 11) is 0. The number of hydrogen-bond acceptors (Lipinski definition) is 4. The summed E-state index contributed by atoms with van der Waals surface area (Å²) in [5.41, 5.74) is -1.28. The maximum Gasteiger partial charge on any atom is 0.257 e. The summed E-state index contributed by atoms with van der Waals surface area (Å²) in [5.74, 6) is -0.108. The second kappa shape index (κ2) is 6.63. The zero-order valence-corrected chi connectivity index (χ0v) is 12.9. The second-order valence-electron chi connectivity index (χ2n) is 6.88. The van der Waals surface area contributed by atoms with Crippen molar-refractivity contribution in [1.29, 1.82) is 0 Å². The van der Waals surface area contributed by atoms with Crippen LogP contribution in [-0.2, 0) is 9.53 Å². The Morgan fingerprint density at radius 2 is 1.67 bits per heavy atom. The quantitative estimate of drug-likeness (QED) is 0.844. The van der Waals surface area contributed by atoms with Crippen LogP contribution in [0.1, 0.15) is 44.9 Å². The molecule has 1 N–H and O–H groups in total. The van der Waals surface area contributed by atoms with E-state index in [1.807, 2.05) is 4.90 Å². The molecule has 0 aromatic heterocycles. The van der Waals surface area contributed by atoms with Crippen LogP contribution in [0.4, 0.5) is 0 Å². The number of aliphatic hydroxyl groups is 1. The maximum atomic E-state index is 12.5. The molecule has 120 valence electrons. The number of hydrogen-bond donors (Lipinski definition) is 1. The van der Waals surface area contributed by atoms with Crippen molar-refractivity contribution < 1.29 is 14.6 Å². The summed E-state index contributed by atoms with van der Waals surface area (Å²) < 4.78 is 5.74. The number of likely N-dealkylation sites (tertiary alicyclic amines) is 2. The highest BCUT2D eigenvalue weighted by Crippen LogP contribution is 2.28. The minimum absolute atomic E-state index is 0.00170. The molecular weight excluding hydrogens is 268 g/mol. The molecule has 0 aromatic carbocycles. The third-order valence-electron chi connectivity index (χ3n) is 5.08. The zero-order valence-electron chi connectivity index (χ0n) is 12.9. The molecule has 2 atom stereocenters. The molecule has 3 saturated heterocycles. The number of rotatable bonds is 3. The molecule has 0 radical (unpaired) electrons. The third kappa shape index (κ3) is 3.58. The van der Waals surface area contributed by atoms with E-state index in [1.54, 1.807) is 0 Å². The predicted octanol–water partition coefficient (Wildman–Crippen LogP) is 1.00. The van der Waals surface area contributed by atoms with E-state index in [9.17, 15) is 9.90 Å². The van der Waals surface area contributed by atoms with E-state index < -0.39 is 5.60 Å². The summed E-state index contributed by atoms with van der Waals surface area (Å²) in [4.78, 5) is 16.8. The van der Waals surface area contributed by atoms with Crippen molar-refractivity contribution in [1.82, 2.24) is 9.80 Å². The Morgan fingerprint density at radius 3 is 2.33 bits per heavy atom. The van der Waals surface area contributed by atoms with Gasteiger partial charge < -0.3 is 19.6 Å². The van der Waals surface area contributed by atoms with Crippen LogP contribution in [0.2, 0.25) is 0 Å². The van der Waals surface area contributed by atoms with Gasteiger partial charge >= 0.3 is 0 Å². The molecule has 3 heterocycles. The monoisotopic (exact) mass is 296 g/mol. The summed E-state index contributed by atoms with van der Waals surface area (Å²) in [5, 5.41) is 10.7. The Hall–Kier alpha value is -0.650. The van der Waals surface area contributed by atoms with E-state index in [0.717, 1.165) is 45.6 Å². The van der Waals surface area contributed by atoms with Gasteiger partial charge in [-0.2, -0.15) is 0 Å². The molecule has 3 rings (SSSR count). The van der Waals surface area contributed by atoms with Crippen LogP contribution in [0.5, 0.6) is 0 Å². The molecule has 0 bridgehead atoms. The number of carbonyl (C=O) groups excluding carboxylic acids is 1. The molecule has 0 unspecified atom stereocenters. The topological polar surface area (TPSA) is 53.0 Å². The van der Waals surface area contributed by atoms with Gasteiger partial charge in [0.2, 0.25) is 0 Å². The van der Waals surface area contributed by atoms with Crippen LogP contribution in [-0.4, -0.2) is 71.8 Å². The standard InChI is InChI=1S/C16H28N2O3/c19-15(18-9-5-2-6-10-18)16(20)11-14(21-13-16)12-17-7-3-1-4-8-17/h14,20H,1-13H2/t14-,16+/m0/s1. The molecule has 3 aliphatic heterocycles. The molecule has 3 aliphatic rings. The van der Waals surface area contributed by atoms with E-state index in [-0.39, 0.29) is 18.6 Å². The van der Waals surface area contributed by atoms with Crippen molar-refractivity contribution in [3.05, 3.63) is 0 Å². The Balaban J connectivity index is 1.52. The fourth-order valence-electron chi connectivity index (χ4n) is 3.84. The van der Waals surface area contributed by atoms with Gasteiger partial charge in [0.05, 0.1) is 12.7 Å². The lowest BCUT2D eigenvalue weighted by Gasteiger charge is -2.33. The number of piperidine rings is 2. The molecule has 0 aromatic rings. The van der Waals surface area contributed by atoms with Crippen molar-refractivity contribution in [2.24, 2.45) is 0 Å². The van der Waals surface area contributed by atoms with Crippen LogP contribution in [0.3, 0.4) is 0 Å². The van der Waals surface area contributed by atoms with E-state index in [2.05, 4.69) is 4.90 Å². The highest BCUT2D eigenvalue weighted by molar-refractivity contribution is 5.85. The molecule has 5 heteroatoms. The minimum atomic E-state index is -1.28. The summed E-state index contributed by atoms with van der Waals surface area (Å²) >= 11 is 0. The Kier molecular flexibility index (Phi) is 4.82. The first-order valence-electron chi connectivity index (χ1n) is 8.53. The van der Waals surface area contributed by atoms with Crippen molar-refractivity contribution in [2.75, 3.05) is 39.3 Å². The Morgan fingerprint density at radius 1 is 1.05 bits per heavy atom. The zero-order chi connectivity index (χ0) is 14.7.